The second-order valence-corrected chi connectivity index (χ2v) is 4.25. The van der Waals surface area contributed by atoms with Gasteiger partial charge in [0, 0.05) is 24.5 Å². The highest BCUT2D eigenvalue weighted by molar-refractivity contribution is 6.34. The molecule has 0 unspecified atom stereocenters. The molecule has 0 bridgehead atoms. The summed E-state index contributed by atoms with van der Waals surface area (Å²) in [6.45, 7) is 2.56. The van der Waals surface area contributed by atoms with Gasteiger partial charge >= 0.3 is 0 Å². The highest BCUT2D eigenvalue weighted by atomic mass is 35.5. The van der Waals surface area contributed by atoms with E-state index in [0.717, 1.165) is 5.69 Å². The minimum absolute atomic E-state index is 0.170. The van der Waals surface area contributed by atoms with E-state index in [9.17, 15) is 5.11 Å². The van der Waals surface area contributed by atoms with Gasteiger partial charge in [-0.3, -0.25) is 0 Å². The molecule has 5 heteroatoms. The molecule has 0 saturated carbocycles. The number of aromatic hydroxyl groups is 1. The first kappa shape index (κ1) is 13.2. The molecule has 0 spiro atoms. The Balaban J connectivity index is 2.52. The minimum Gasteiger partial charge on any atom is -0.508 e. The third kappa shape index (κ3) is 2.61. The number of phenolic OH excluding ortho intramolecular Hbond substituents is 1. The zero-order chi connectivity index (χ0) is 13.8. The van der Waals surface area contributed by atoms with E-state index in [2.05, 4.69) is 4.98 Å². The molecule has 0 aliphatic rings. The van der Waals surface area contributed by atoms with Crippen LogP contribution in [0.2, 0.25) is 5.02 Å². The normalized spacial score (nSPS) is 9.95. The summed E-state index contributed by atoms with van der Waals surface area (Å²) < 4.78 is 0. The topological polar surface area (TPSA) is 60.1 Å². The molecule has 2 aromatic rings. The second kappa shape index (κ2) is 5.59. The number of pyridine rings is 1. The maximum atomic E-state index is 9.54. The summed E-state index contributed by atoms with van der Waals surface area (Å²) in [7, 11) is 0. The van der Waals surface area contributed by atoms with Crippen molar-refractivity contribution in [2.24, 2.45) is 0 Å². The van der Waals surface area contributed by atoms with Crippen LogP contribution in [0.25, 0.3) is 0 Å². The van der Waals surface area contributed by atoms with E-state index >= 15 is 0 Å². The Kier molecular flexibility index (Phi) is 3.88. The lowest BCUT2D eigenvalue weighted by Gasteiger charge is -2.23. The van der Waals surface area contributed by atoms with Crippen LogP contribution in [0.3, 0.4) is 0 Å². The average molecular weight is 274 g/mol. The second-order valence-electron chi connectivity index (χ2n) is 3.87. The van der Waals surface area contributed by atoms with Gasteiger partial charge in [-0.2, -0.15) is 5.26 Å². The number of hydrogen-bond acceptors (Lipinski definition) is 4. The number of benzene rings is 1. The summed E-state index contributed by atoms with van der Waals surface area (Å²) >= 11 is 6.18. The fourth-order valence-electron chi connectivity index (χ4n) is 1.82. The van der Waals surface area contributed by atoms with Crippen LogP contribution in [0.5, 0.6) is 5.75 Å². The van der Waals surface area contributed by atoms with Crippen LogP contribution in [0.1, 0.15) is 12.5 Å². The number of halogens is 1. The van der Waals surface area contributed by atoms with E-state index in [0.29, 0.717) is 22.9 Å². The molecule has 0 aliphatic carbocycles. The summed E-state index contributed by atoms with van der Waals surface area (Å²) in [5, 5.41) is 18.8. The van der Waals surface area contributed by atoms with Gasteiger partial charge in [-0.05, 0) is 25.1 Å². The summed E-state index contributed by atoms with van der Waals surface area (Å²) in [6, 6.07) is 10.4. The Morgan fingerprint density at radius 2 is 2.21 bits per heavy atom. The monoisotopic (exact) mass is 273 g/mol. The SMILES string of the molecule is CCN(c1cccc(O)c1)c1nccc(C#N)c1Cl. The van der Waals surface area contributed by atoms with Gasteiger partial charge in [0.1, 0.15) is 16.8 Å². The molecule has 4 nitrogen and oxygen atoms in total. The molecule has 0 amide bonds. The molecule has 1 aromatic heterocycles. The Hall–Kier alpha value is -2.25. The third-order valence-electron chi connectivity index (χ3n) is 2.70. The predicted octanol–water partition coefficient (Wildman–Crippen LogP) is 3.47. The average Bonchev–Trinajstić information content (AvgIpc) is 2.41. The van der Waals surface area contributed by atoms with Gasteiger partial charge in [0.25, 0.3) is 0 Å². The lowest BCUT2D eigenvalue weighted by molar-refractivity contribution is 0.475. The summed E-state index contributed by atoms with van der Waals surface area (Å²) in [6.07, 6.45) is 1.55. The van der Waals surface area contributed by atoms with Crippen LogP contribution < -0.4 is 4.90 Å². The molecular weight excluding hydrogens is 262 g/mol. The number of phenols is 1. The summed E-state index contributed by atoms with van der Waals surface area (Å²) in [5.41, 5.74) is 1.15. The van der Waals surface area contributed by atoms with E-state index in [1.54, 1.807) is 30.5 Å². The molecule has 1 N–H and O–H groups in total. The van der Waals surface area contributed by atoms with Gasteiger partial charge in [0.15, 0.2) is 5.82 Å². The highest BCUT2D eigenvalue weighted by Gasteiger charge is 2.15. The van der Waals surface area contributed by atoms with E-state index in [4.69, 9.17) is 16.9 Å². The summed E-state index contributed by atoms with van der Waals surface area (Å²) in [5.74, 6) is 0.678. The largest absolute Gasteiger partial charge is 0.508 e. The molecule has 0 radical (unpaired) electrons. The third-order valence-corrected chi connectivity index (χ3v) is 3.08. The molecule has 0 saturated heterocycles. The van der Waals surface area contributed by atoms with E-state index < -0.39 is 0 Å². The number of nitrogens with zero attached hydrogens (tertiary/aromatic N) is 3. The molecule has 0 atom stereocenters. The summed E-state index contributed by atoms with van der Waals surface area (Å²) in [4.78, 5) is 6.06. The minimum atomic E-state index is 0.170. The maximum Gasteiger partial charge on any atom is 0.153 e. The van der Waals surface area contributed by atoms with E-state index in [1.807, 2.05) is 24.0 Å². The van der Waals surface area contributed by atoms with Crippen molar-refractivity contribution in [2.75, 3.05) is 11.4 Å². The number of anilines is 2. The van der Waals surface area contributed by atoms with Crippen molar-refractivity contribution in [2.45, 2.75) is 6.92 Å². The highest BCUT2D eigenvalue weighted by Crippen LogP contribution is 2.32. The smallest absolute Gasteiger partial charge is 0.153 e. The molecule has 96 valence electrons. The first-order valence-electron chi connectivity index (χ1n) is 5.78. The van der Waals surface area contributed by atoms with Gasteiger partial charge < -0.3 is 10.0 Å². The first-order valence-corrected chi connectivity index (χ1v) is 6.16. The van der Waals surface area contributed by atoms with Gasteiger partial charge in [0.2, 0.25) is 0 Å². The molecule has 1 heterocycles. The lowest BCUT2D eigenvalue weighted by atomic mass is 10.2. The van der Waals surface area contributed by atoms with Crippen molar-refractivity contribution in [1.29, 1.82) is 5.26 Å². The number of nitriles is 1. The van der Waals surface area contributed by atoms with Crippen LogP contribution in [0.4, 0.5) is 11.5 Å². The zero-order valence-corrected chi connectivity index (χ0v) is 11.1. The fourth-order valence-corrected chi connectivity index (χ4v) is 2.08. The molecule has 1 aromatic carbocycles. The van der Waals surface area contributed by atoms with Gasteiger partial charge in [0.05, 0.1) is 5.56 Å². The zero-order valence-electron chi connectivity index (χ0n) is 10.3. The van der Waals surface area contributed by atoms with Crippen LogP contribution in [0.15, 0.2) is 36.5 Å². The number of hydrogen-bond donors (Lipinski definition) is 1. The number of rotatable bonds is 3. The van der Waals surface area contributed by atoms with E-state index in [1.165, 1.54) is 0 Å². The lowest BCUT2D eigenvalue weighted by Crippen LogP contribution is -2.18. The van der Waals surface area contributed by atoms with E-state index in [-0.39, 0.29) is 5.75 Å². The van der Waals surface area contributed by atoms with Crippen LogP contribution in [0, 0.1) is 11.3 Å². The Bertz CT molecular complexity index is 637. The van der Waals surface area contributed by atoms with Crippen molar-refractivity contribution >= 4 is 23.1 Å². The van der Waals surface area contributed by atoms with Crippen molar-refractivity contribution in [1.82, 2.24) is 4.98 Å². The Morgan fingerprint density at radius 3 is 2.84 bits per heavy atom. The quantitative estimate of drug-likeness (QED) is 0.930. The van der Waals surface area contributed by atoms with Crippen molar-refractivity contribution in [3.63, 3.8) is 0 Å². The van der Waals surface area contributed by atoms with Gasteiger partial charge in [-0.15, -0.1) is 0 Å². The maximum absolute atomic E-state index is 9.54. The first-order chi connectivity index (χ1) is 9.17. The fraction of sp³-hybridized carbons (Fsp3) is 0.143. The Labute approximate surface area is 116 Å². The van der Waals surface area contributed by atoms with Gasteiger partial charge in [-0.1, -0.05) is 17.7 Å². The molecular formula is C14H12ClN3O. The molecule has 0 fully saturated rings. The van der Waals surface area contributed by atoms with Crippen molar-refractivity contribution in [3.8, 4) is 11.8 Å². The van der Waals surface area contributed by atoms with Crippen molar-refractivity contribution < 1.29 is 5.11 Å². The van der Waals surface area contributed by atoms with Crippen LogP contribution in [-0.2, 0) is 0 Å². The predicted molar refractivity (Wildman–Crippen MR) is 74.7 cm³/mol. The van der Waals surface area contributed by atoms with Gasteiger partial charge in [-0.25, -0.2) is 4.98 Å². The standard InChI is InChI=1S/C14H12ClN3O/c1-2-18(11-4-3-5-12(19)8-11)14-13(15)10(9-16)6-7-17-14/h3-8,19H,2H2,1H3. The van der Waals surface area contributed by atoms with Crippen LogP contribution >= 0.6 is 11.6 Å². The number of aromatic nitrogens is 1. The van der Waals surface area contributed by atoms with Crippen molar-refractivity contribution in [3.05, 3.63) is 47.1 Å². The Morgan fingerprint density at radius 1 is 1.42 bits per heavy atom. The molecule has 0 aliphatic heterocycles. The molecule has 2 rings (SSSR count). The van der Waals surface area contributed by atoms with Crippen LogP contribution in [-0.4, -0.2) is 16.6 Å². The molecule has 19 heavy (non-hydrogen) atoms.